The van der Waals surface area contributed by atoms with Crippen molar-refractivity contribution < 1.29 is 9.59 Å². The smallest absolute Gasteiger partial charge is 0.256 e. The van der Waals surface area contributed by atoms with Gasteiger partial charge in [0.25, 0.3) is 5.91 Å². The third kappa shape index (κ3) is 2.16. The first-order chi connectivity index (χ1) is 8.50. The van der Waals surface area contributed by atoms with Crippen molar-refractivity contribution in [2.24, 2.45) is 11.7 Å². The van der Waals surface area contributed by atoms with Crippen LogP contribution in [0.2, 0.25) is 0 Å². The number of carbonyl (C=O) groups is 2. The maximum absolute atomic E-state index is 12.4. The summed E-state index contributed by atoms with van der Waals surface area (Å²) < 4.78 is 0. The largest absolute Gasteiger partial charge is 0.398 e. The van der Waals surface area contributed by atoms with Gasteiger partial charge >= 0.3 is 0 Å². The Kier molecular flexibility index (Phi) is 3.23. The highest BCUT2D eigenvalue weighted by molar-refractivity contribution is 6.01. The maximum atomic E-state index is 12.4. The predicted octanol–water partition coefficient (Wildman–Crippen LogP) is 0.525. The van der Waals surface area contributed by atoms with Crippen LogP contribution in [0.3, 0.4) is 0 Å². The van der Waals surface area contributed by atoms with Gasteiger partial charge in [-0.15, -0.1) is 0 Å². The molecule has 0 spiro atoms. The summed E-state index contributed by atoms with van der Waals surface area (Å²) in [6.45, 7) is 2.80. The van der Waals surface area contributed by atoms with Crippen LogP contribution >= 0.6 is 0 Å². The van der Waals surface area contributed by atoms with Crippen molar-refractivity contribution in [1.82, 2.24) is 4.90 Å². The Morgan fingerprint density at radius 1 is 1.39 bits per heavy atom. The molecule has 5 nitrogen and oxygen atoms in total. The van der Waals surface area contributed by atoms with Gasteiger partial charge in [0, 0.05) is 18.8 Å². The van der Waals surface area contributed by atoms with E-state index >= 15 is 0 Å². The summed E-state index contributed by atoms with van der Waals surface area (Å²) in [4.78, 5) is 25.1. The molecule has 2 amide bonds. The molecule has 0 saturated carbocycles. The fourth-order valence-electron chi connectivity index (χ4n) is 2.32. The molecule has 0 aliphatic carbocycles. The van der Waals surface area contributed by atoms with E-state index in [1.165, 1.54) is 0 Å². The van der Waals surface area contributed by atoms with Crippen LogP contribution < -0.4 is 11.5 Å². The van der Waals surface area contributed by atoms with E-state index in [2.05, 4.69) is 0 Å². The molecular weight excluding hydrogens is 230 g/mol. The third-order valence-corrected chi connectivity index (χ3v) is 3.40. The second-order valence-electron chi connectivity index (χ2n) is 4.68. The van der Waals surface area contributed by atoms with Crippen LogP contribution in [-0.2, 0) is 4.79 Å². The van der Waals surface area contributed by atoms with Crippen molar-refractivity contribution in [3.8, 4) is 0 Å². The summed E-state index contributed by atoms with van der Waals surface area (Å²) in [6.07, 6.45) is 0.632. The number of amides is 2. The molecule has 2 rings (SSSR count). The van der Waals surface area contributed by atoms with Crippen molar-refractivity contribution in [1.29, 1.82) is 0 Å². The minimum atomic E-state index is -0.344. The van der Waals surface area contributed by atoms with Crippen molar-refractivity contribution >= 4 is 17.5 Å². The zero-order valence-corrected chi connectivity index (χ0v) is 10.3. The third-order valence-electron chi connectivity index (χ3n) is 3.40. The topological polar surface area (TPSA) is 89.4 Å². The molecule has 18 heavy (non-hydrogen) atoms. The summed E-state index contributed by atoms with van der Waals surface area (Å²) in [5, 5.41) is 0. The van der Waals surface area contributed by atoms with Gasteiger partial charge < -0.3 is 16.4 Å². The van der Waals surface area contributed by atoms with E-state index in [1.54, 1.807) is 11.0 Å². The van der Waals surface area contributed by atoms with Gasteiger partial charge in [-0.05, 0) is 25.0 Å². The number of nitrogens with two attached hydrogens (primary N) is 2. The van der Waals surface area contributed by atoms with Crippen LogP contribution in [0.4, 0.5) is 5.69 Å². The molecule has 1 unspecified atom stereocenters. The standard InChI is InChI=1S/C13H17N3O2/c1-8-3-2-4-10(14)11(8)13(18)16-6-5-9(7-16)12(15)17/h2-4,9H,5-7,14H2,1H3,(H2,15,17). The fraction of sp³-hybridized carbons (Fsp3) is 0.385. The normalized spacial score (nSPS) is 18.9. The molecular formula is C13H17N3O2. The highest BCUT2D eigenvalue weighted by atomic mass is 16.2. The Balaban J connectivity index is 2.21. The average molecular weight is 247 g/mol. The highest BCUT2D eigenvalue weighted by Crippen LogP contribution is 2.23. The Labute approximate surface area is 106 Å². The predicted molar refractivity (Wildman–Crippen MR) is 68.8 cm³/mol. The number of carbonyl (C=O) groups excluding carboxylic acids is 2. The lowest BCUT2D eigenvalue weighted by Crippen LogP contribution is -2.32. The number of benzene rings is 1. The molecule has 1 saturated heterocycles. The van der Waals surface area contributed by atoms with Crippen molar-refractivity contribution in [3.05, 3.63) is 29.3 Å². The van der Waals surface area contributed by atoms with E-state index in [1.807, 2.05) is 19.1 Å². The van der Waals surface area contributed by atoms with Gasteiger partial charge in [0.05, 0.1) is 11.5 Å². The molecule has 1 heterocycles. The molecule has 0 radical (unpaired) electrons. The molecule has 0 bridgehead atoms. The summed E-state index contributed by atoms with van der Waals surface area (Å²) in [5.74, 6) is -0.698. The van der Waals surface area contributed by atoms with Crippen molar-refractivity contribution in [3.63, 3.8) is 0 Å². The summed E-state index contributed by atoms with van der Waals surface area (Å²) >= 11 is 0. The number of likely N-dealkylation sites (tertiary alicyclic amines) is 1. The molecule has 1 atom stereocenters. The molecule has 1 fully saturated rings. The van der Waals surface area contributed by atoms with Gasteiger partial charge in [-0.2, -0.15) is 0 Å². The summed E-state index contributed by atoms with van der Waals surface area (Å²) in [7, 11) is 0. The minimum Gasteiger partial charge on any atom is -0.398 e. The van der Waals surface area contributed by atoms with Gasteiger partial charge in [-0.25, -0.2) is 0 Å². The second-order valence-corrected chi connectivity index (χ2v) is 4.68. The van der Waals surface area contributed by atoms with Gasteiger partial charge in [-0.1, -0.05) is 12.1 Å². The number of hydrogen-bond donors (Lipinski definition) is 2. The lowest BCUT2D eigenvalue weighted by Gasteiger charge is -2.18. The molecule has 1 aromatic carbocycles. The fourth-order valence-corrected chi connectivity index (χ4v) is 2.32. The number of anilines is 1. The van der Waals surface area contributed by atoms with E-state index < -0.39 is 0 Å². The Hall–Kier alpha value is -2.04. The number of nitrogens with zero attached hydrogens (tertiary/aromatic N) is 1. The Morgan fingerprint density at radius 3 is 2.67 bits per heavy atom. The maximum Gasteiger partial charge on any atom is 0.256 e. The minimum absolute atomic E-state index is 0.116. The molecule has 1 aromatic rings. The SMILES string of the molecule is Cc1cccc(N)c1C(=O)N1CCC(C(N)=O)C1. The van der Waals surface area contributed by atoms with E-state index in [0.29, 0.717) is 30.8 Å². The zero-order valence-electron chi connectivity index (χ0n) is 10.3. The average Bonchev–Trinajstić information content (AvgIpc) is 2.77. The Morgan fingerprint density at radius 2 is 2.11 bits per heavy atom. The van der Waals surface area contributed by atoms with E-state index in [4.69, 9.17) is 11.5 Å². The van der Waals surface area contributed by atoms with Crippen LogP contribution in [0.15, 0.2) is 18.2 Å². The second kappa shape index (κ2) is 4.68. The first-order valence-electron chi connectivity index (χ1n) is 5.94. The van der Waals surface area contributed by atoms with Gasteiger partial charge in [-0.3, -0.25) is 9.59 Å². The van der Waals surface area contributed by atoms with Crippen molar-refractivity contribution in [2.75, 3.05) is 18.8 Å². The molecule has 0 aromatic heterocycles. The molecule has 5 heteroatoms. The highest BCUT2D eigenvalue weighted by Gasteiger charge is 2.31. The zero-order chi connectivity index (χ0) is 13.3. The monoisotopic (exact) mass is 247 g/mol. The summed E-state index contributed by atoms with van der Waals surface area (Å²) in [6, 6.07) is 5.38. The van der Waals surface area contributed by atoms with Crippen LogP contribution in [0.1, 0.15) is 22.3 Å². The quantitative estimate of drug-likeness (QED) is 0.747. The lowest BCUT2D eigenvalue weighted by molar-refractivity contribution is -0.121. The molecule has 1 aliphatic heterocycles. The molecule has 96 valence electrons. The Bertz CT molecular complexity index is 479. The van der Waals surface area contributed by atoms with Gasteiger partial charge in [0.1, 0.15) is 0 Å². The van der Waals surface area contributed by atoms with E-state index in [-0.39, 0.29) is 17.7 Å². The number of aryl methyl sites for hydroxylation is 1. The van der Waals surface area contributed by atoms with Crippen LogP contribution in [0.25, 0.3) is 0 Å². The number of nitrogen functional groups attached to an aromatic ring is 1. The first-order valence-corrected chi connectivity index (χ1v) is 5.94. The van der Waals surface area contributed by atoms with Gasteiger partial charge in [0.15, 0.2) is 0 Å². The van der Waals surface area contributed by atoms with Crippen molar-refractivity contribution in [2.45, 2.75) is 13.3 Å². The lowest BCUT2D eigenvalue weighted by atomic mass is 10.1. The molecule has 1 aliphatic rings. The van der Waals surface area contributed by atoms with Gasteiger partial charge in [0.2, 0.25) is 5.91 Å². The number of hydrogen-bond acceptors (Lipinski definition) is 3. The van der Waals surface area contributed by atoms with E-state index in [0.717, 1.165) is 5.56 Å². The van der Waals surface area contributed by atoms with Crippen LogP contribution in [0.5, 0.6) is 0 Å². The van der Waals surface area contributed by atoms with Crippen LogP contribution in [-0.4, -0.2) is 29.8 Å². The van der Waals surface area contributed by atoms with E-state index in [9.17, 15) is 9.59 Å². The first kappa shape index (κ1) is 12.4. The number of rotatable bonds is 2. The summed E-state index contributed by atoms with van der Waals surface area (Å²) in [5.41, 5.74) is 13.0. The number of primary amides is 1. The van der Waals surface area contributed by atoms with Crippen LogP contribution in [0, 0.1) is 12.8 Å². The molecule has 4 N–H and O–H groups in total.